The third kappa shape index (κ3) is 4.97. The van der Waals surface area contributed by atoms with Crippen LogP contribution in [0.25, 0.3) is 0 Å². The van der Waals surface area contributed by atoms with E-state index in [-0.39, 0.29) is 17.9 Å². The minimum absolute atomic E-state index is 0.0659. The number of aryl methyl sites for hydroxylation is 1. The Labute approximate surface area is 144 Å². The molecule has 0 aromatic heterocycles. The molecule has 1 aromatic carbocycles. The zero-order valence-corrected chi connectivity index (χ0v) is 14.4. The van der Waals surface area contributed by atoms with Crippen LogP contribution < -0.4 is 10.1 Å². The number of rotatable bonds is 7. The van der Waals surface area contributed by atoms with Crippen LogP contribution >= 0.6 is 0 Å². The Balaban J connectivity index is 1.41. The van der Waals surface area contributed by atoms with E-state index in [9.17, 15) is 9.90 Å². The molecule has 2 unspecified atom stereocenters. The molecule has 0 heterocycles. The van der Waals surface area contributed by atoms with Crippen molar-refractivity contribution in [1.29, 1.82) is 0 Å². The molecule has 0 saturated heterocycles. The molecule has 0 bridgehead atoms. The van der Waals surface area contributed by atoms with Crippen LogP contribution in [0.15, 0.2) is 24.3 Å². The normalized spacial score (nSPS) is 24.2. The number of carbonyl (C=O) groups is 1. The minimum atomic E-state index is -0.241. The van der Waals surface area contributed by atoms with Crippen molar-refractivity contribution >= 4 is 5.91 Å². The highest BCUT2D eigenvalue weighted by atomic mass is 16.5. The molecule has 2 saturated carbocycles. The minimum Gasteiger partial charge on any atom is -0.490 e. The van der Waals surface area contributed by atoms with E-state index < -0.39 is 0 Å². The Bertz CT molecular complexity index is 539. The zero-order valence-electron chi connectivity index (χ0n) is 14.4. The molecular weight excluding hydrogens is 302 g/mol. The van der Waals surface area contributed by atoms with Gasteiger partial charge < -0.3 is 15.2 Å². The van der Waals surface area contributed by atoms with Gasteiger partial charge in [0.25, 0.3) is 0 Å². The molecular formula is C20H29NO3. The van der Waals surface area contributed by atoms with Crippen LogP contribution in [0, 0.1) is 5.92 Å². The second-order valence-electron chi connectivity index (χ2n) is 7.23. The summed E-state index contributed by atoms with van der Waals surface area (Å²) in [5, 5.41) is 12.8. The van der Waals surface area contributed by atoms with E-state index in [1.165, 1.54) is 12.8 Å². The number of nitrogens with one attached hydrogen (secondary N) is 1. The van der Waals surface area contributed by atoms with Gasteiger partial charge in [-0.05, 0) is 62.6 Å². The van der Waals surface area contributed by atoms with E-state index in [2.05, 4.69) is 17.4 Å². The quantitative estimate of drug-likeness (QED) is 0.806. The van der Waals surface area contributed by atoms with Crippen LogP contribution in [0.3, 0.4) is 0 Å². The number of hydrogen-bond acceptors (Lipinski definition) is 3. The molecule has 0 aliphatic heterocycles. The summed E-state index contributed by atoms with van der Waals surface area (Å²) in [6.45, 7) is 0.602. The van der Waals surface area contributed by atoms with Crippen molar-refractivity contribution < 1.29 is 14.6 Å². The molecule has 1 aromatic rings. The Hall–Kier alpha value is -1.55. The smallest absolute Gasteiger partial charge is 0.220 e. The molecule has 3 rings (SSSR count). The molecule has 2 aliphatic carbocycles. The van der Waals surface area contributed by atoms with E-state index in [4.69, 9.17) is 4.74 Å². The summed E-state index contributed by atoms with van der Waals surface area (Å²) in [5.74, 6) is 1.22. The van der Waals surface area contributed by atoms with E-state index in [1.807, 2.05) is 12.1 Å². The number of benzene rings is 1. The second-order valence-corrected chi connectivity index (χ2v) is 7.23. The first kappa shape index (κ1) is 17.3. The fourth-order valence-electron chi connectivity index (χ4n) is 3.82. The number of aliphatic hydroxyl groups is 1. The molecule has 132 valence electrons. The fourth-order valence-corrected chi connectivity index (χ4v) is 3.82. The van der Waals surface area contributed by atoms with E-state index in [0.29, 0.717) is 19.1 Å². The van der Waals surface area contributed by atoms with E-state index >= 15 is 0 Å². The Kier molecular flexibility index (Phi) is 6.13. The molecule has 1 amide bonds. The molecule has 2 atom stereocenters. The maximum absolute atomic E-state index is 12.0. The topological polar surface area (TPSA) is 58.6 Å². The maximum Gasteiger partial charge on any atom is 0.220 e. The van der Waals surface area contributed by atoms with Gasteiger partial charge in [-0.15, -0.1) is 0 Å². The van der Waals surface area contributed by atoms with Gasteiger partial charge in [-0.3, -0.25) is 4.79 Å². The van der Waals surface area contributed by atoms with Gasteiger partial charge in [0.2, 0.25) is 5.91 Å². The van der Waals surface area contributed by atoms with Gasteiger partial charge in [-0.2, -0.15) is 0 Å². The molecule has 2 aliphatic rings. The summed E-state index contributed by atoms with van der Waals surface area (Å²) in [6.07, 6.45) is 9.11. The van der Waals surface area contributed by atoms with Crippen LogP contribution in [-0.4, -0.2) is 29.8 Å². The lowest BCUT2D eigenvalue weighted by atomic mass is 10.1. The fraction of sp³-hybridized carbons (Fsp3) is 0.650. The van der Waals surface area contributed by atoms with Gasteiger partial charge in [0.05, 0.1) is 12.2 Å². The molecule has 0 radical (unpaired) electrons. The first-order chi connectivity index (χ1) is 11.7. The van der Waals surface area contributed by atoms with Crippen molar-refractivity contribution in [1.82, 2.24) is 5.32 Å². The average Bonchev–Trinajstić information content (AvgIpc) is 3.23. The molecule has 24 heavy (non-hydrogen) atoms. The summed E-state index contributed by atoms with van der Waals surface area (Å²) in [4.78, 5) is 12.0. The first-order valence-corrected chi connectivity index (χ1v) is 9.41. The highest BCUT2D eigenvalue weighted by molar-refractivity contribution is 5.76. The van der Waals surface area contributed by atoms with Gasteiger partial charge in [0.1, 0.15) is 5.75 Å². The van der Waals surface area contributed by atoms with E-state index in [1.54, 1.807) is 0 Å². The van der Waals surface area contributed by atoms with Gasteiger partial charge in [-0.1, -0.05) is 18.6 Å². The molecule has 2 N–H and O–H groups in total. The van der Waals surface area contributed by atoms with Crippen molar-refractivity contribution in [3.8, 4) is 5.75 Å². The third-order valence-electron chi connectivity index (χ3n) is 5.32. The van der Waals surface area contributed by atoms with Crippen LogP contribution in [0.5, 0.6) is 5.75 Å². The monoisotopic (exact) mass is 331 g/mol. The number of amides is 1. The van der Waals surface area contributed by atoms with Gasteiger partial charge in [0, 0.05) is 18.9 Å². The summed E-state index contributed by atoms with van der Waals surface area (Å²) in [5.41, 5.74) is 1.14. The predicted octanol–water partition coefficient (Wildman–Crippen LogP) is 3.22. The average molecular weight is 331 g/mol. The van der Waals surface area contributed by atoms with Crippen molar-refractivity contribution in [2.45, 2.75) is 70.0 Å². The van der Waals surface area contributed by atoms with Crippen LogP contribution in [0.1, 0.15) is 56.9 Å². The zero-order chi connectivity index (χ0) is 16.8. The maximum atomic E-state index is 12.0. The summed E-state index contributed by atoms with van der Waals surface area (Å²) >= 11 is 0. The lowest BCUT2D eigenvalue weighted by molar-refractivity contribution is -0.121. The first-order valence-electron chi connectivity index (χ1n) is 9.41. The number of aliphatic hydroxyl groups excluding tert-OH is 1. The van der Waals surface area contributed by atoms with Crippen molar-refractivity contribution in [2.75, 3.05) is 6.54 Å². The Morgan fingerprint density at radius 2 is 2.00 bits per heavy atom. The second kappa shape index (κ2) is 8.52. The van der Waals surface area contributed by atoms with Gasteiger partial charge in [0.15, 0.2) is 0 Å². The Morgan fingerprint density at radius 3 is 2.75 bits per heavy atom. The molecule has 2 fully saturated rings. The van der Waals surface area contributed by atoms with Crippen molar-refractivity contribution in [3.05, 3.63) is 29.8 Å². The molecule has 4 heteroatoms. The van der Waals surface area contributed by atoms with Crippen molar-refractivity contribution in [2.24, 2.45) is 5.92 Å². The highest BCUT2D eigenvalue weighted by Gasteiger charge is 2.25. The highest BCUT2D eigenvalue weighted by Crippen LogP contribution is 2.25. The largest absolute Gasteiger partial charge is 0.490 e. The van der Waals surface area contributed by atoms with Gasteiger partial charge >= 0.3 is 0 Å². The predicted molar refractivity (Wildman–Crippen MR) is 94.0 cm³/mol. The third-order valence-corrected chi connectivity index (χ3v) is 5.32. The molecule has 0 spiro atoms. The Morgan fingerprint density at radius 1 is 1.17 bits per heavy atom. The standard InChI is InChI=1S/C20H29NO3/c22-19-10-4-6-16(19)14-21-20(23)12-11-15-5-3-9-18(13-15)24-17-7-1-2-8-17/h3,5,9,13,16-17,19,22H,1-2,4,6-8,10-12,14H2,(H,21,23). The van der Waals surface area contributed by atoms with Crippen LogP contribution in [0.2, 0.25) is 0 Å². The lowest BCUT2D eigenvalue weighted by Crippen LogP contribution is -2.32. The van der Waals surface area contributed by atoms with Gasteiger partial charge in [-0.25, -0.2) is 0 Å². The lowest BCUT2D eigenvalue weighted by Gasteiger charge is -2.15. The SMILES string of the molecule is O=C(CCc1cccc(OC2CCCC2)c1)NCC1CCCC1O. The van der Waals surface area contributed by atoms with Crippen LogP contribution in [-0.2, 0) is 11.2 Å². The number of ether oxygens (including phenoxy) is 1. The van der Waals surface area contributed by atoms with Crippen LogP contribution in [0.4, 0.5) is 0 Å². The number of hydrogen-bond donors (Lipinski definition) is 2. The number of carbonyl (C=O) groups excluding carboxylic acids is 1. The summed E-state index contributed by atoms with van der Waals surface area (Å²) in [6, 6.07) is 8.12. The summed E-state index contributed by atoms with van der Waals surface area (Å²) in [7, 11) is 0. The molecule has 4 nitrogen and oxygen atoms in total. The van der Waals surface area contributed by atoms with E-state index in [0.717, 1.165) is 49.8 Å². The van der Waals surface area contributed by atoms with Crippen molar-refractivity contribution in [3.63, 3.8) is 0 Å². The summed E-state index contributed by atoms with van der Waals surface area (Å²) < 4.78 is 6.02.